The van der Waals surface area contributed by atoms with Gasteiger partial charge in [0.25, 0.3) is 0 Å². The molecule has 0 amide bonds. The fraction of sp³-hybridized carbons (Fsp3) is 0.381. The molecule has 0 saturated heterocycles. The van der Waals surface area contributed by atoms with Crippen LogP contribution in [0.15, 0.2) is 34.8 Å². The van der Waals surface area contributed by atoms with Crippen LogP contribution in [-0.4, -0.2) is 41.2 Å². The molecule has 0 fully saturated rings. The second-order valence-electron chi connectivity index (χ2n) is 8.12. The van der Waals surface area contributed by atoms with Crippen molar-refractivity contribution in [2.24, 2.45) is 5.92 Å². The van der Waals surface area contributed by atoms with Crippen LogP contribution in [0.2, 0.25) is 0 Å². The second-order valence-corrected chi connectivity index (χ2v) is 11.2. The Morgan fingerprint density at radius 3 is 3.10 bits per heavy atom. The lowest BCUT2D eigenvalue weighted by atomic mass is 9.89. The number of nitrogens with two attached hydrogens (primary N) is 1. The Kier molecular flexibility index (Phi) is 4.88. The van der Waals surface area contributed by atoms with Gasteiger partial charge in [-0.25, -0.2) is 9.97 Å². The summed E-state index contributed by atoms with van der Waals surface area (Å²) in [4.78, 5) is 16.3. The molecular weight excluding hydrogens is 446 g/mol. The first-order valence-electron chi connectivity index (χ1n) is 10.4. The number of aryl methyl sites for hydroxylation is 1. The minimum Gasteiger partial charge on any atom is -0.383 e. The van der Waals surface area contributed by atoms with E-state index in [1.165, 1.54) is 16.9 Å². The van der Waals surface area contributed by atoms with E-state index < -0.39 is 0 Å². The van der Waals surface area contributed by atoms with Crippen molar-refractivity contribution in [3.05, 3.63) is 35.0 Å². The molecule has 0 saturated carbocycles. The van der Waals surface area contributed by atoms with E-state index in [1.807, 2.05) is 18.3 Å². The third kappa shape index (κ3) is 3.41. The maximum atomic E-state index is 6.41. The van der Waals surface area contributed by atoms with Crippen molar-refractivity contribution in [1.29, 1.82) is 0 Å². The minimum atomic E-state index is 0.271. The number of rotatable bonds is 4. The molecule has 1 aliphatic heterocycles. The molecule has 10 heteroatoms. The summed E-state index contributed by atoms with van der Waals surface area (Å²) in [6.07, 6.45) is 7.04. The van der Waals surface area contributed by atoms with E-state index in [4.69, 9.17) is 10.7 Å². The van der Waals surface area contributed by atoms with Crippen molar-refractivity contribution in [1.82, 2.24) is 29.7 Å². The number of fused-ring (bicyclic) bond motifs is 4. The molecule has 0 unspecified atom stereocenters. The van der Waals surface area contributed by atoms with E-state index in [1.54, 1.807) is 41.1 Å². The summed E-state index contributed by atoms with van der Waals surface area (Å²) in [5, 5.41) is 11.6. The van der Waals surface area contributed by atoms with Crippen molar-refractivity contribution >= 4 is 50.9 Å². The molecule has 0 aromatic carbocycles. The first kappa shape index (κ1) is 19.5. The third-order valence-electron chi connectivity index (χ3n) is 5.92. The predicted molar refractivity (Wildman–Crippen MR) is 127 cm³/mol. The summed E-state index contributed by atoms with van der Waals surface area (Å²) in [7, 11) is 0. The topological polar surface area (TPSA) is 95.4 Å². The molecule has 31 heavy (non-hydrogen) atoms. The third-order valence-corrected chi connectivity index (χ3v) is 9.15. The van der Waals surface area contributed by atoms with Crippen molar-refractivity contribution in [2.45, 2.75) is 42.5 Å². The van der Waals surface area contributed by atoms with Gasteiger partial charge >= 0.3 is 0 Å². The largest absolute Gasteiger partial charge is 0.383 e. The summed E-state index contributed by atoms with van der Waals surface area (Å²) in [6.45, 7) is 2.32. The van der Waals surface area contributed by atoms with Gasteiger partial charge < -0.3 is 5.73 Å². The zero-order valence-corrected chi connectivity index (χ0v) is 19.4. The van der Waals surface area contributed by atoms with Crippen LogP contribution in [-0.2, 0) is 12.8 Å². The van der Waals surface area contributed by atoms with E-state index in [0.717, 1.165) is 62.2 Å². The van der Waals surface area contributed by atoms with Crippen LogP contribution >= 0.6 is 34.9 Å². The van der Waals surface area contributed by atoms with Gasteiger partial charge in [0.15, 0.2) is 16.1 Å². The van der Waals surface area contributed by atoms with Gasteiger partial charge in [0.05, 0.1) is 11.4 Å². The Morgan fingerprint density at radius 1 is 1.29 bits per heavy atom. The lowest BCUT2D eigenvalue weighted by Crippen LogP contribution is -2.11. The summed E-state index contributed by atoms with van der Waals surface area (Å²) in [6, 6.07) is 4.22. The number of anilines is 1. The van der Waals surface area contributed by atoms with Crippen LogP contribution < -0.4 is 5.73 Å². The highest BCUT2D eigenvalue weighted by molar-refractivity contribution is 8.00. The molecule has 2 N–H and O–H groups in total. The van der Waals surface area contributed by atoms with Crippen LogP contribution in [0.25, 0.3) is 21.6 Å². The molecule has 2 atom stereocenters. The molecule has 7 nitrogen and oxygen atoms in total. The van der Waals surface area contributed by atoms with E-state index in [-0.39, 0.29) is 6.04 Å². The van der Waals surface area contributed by atoms with Gasteiger partial charge in [0.2, 0.25) is 0 Å². The number of hydrogen-bond donors (Lipinski definition) is 1. The lowest BCUT2D eigenvalue weighted by molar-refractivity contribution is 0.509. The Morgan fingerprint density at radius 2 is 2.23 bits per heavy atom. The Bertz CT molecular complexity index is 1270. The number of hydrogen-bond acceptors (Lipinski definition) is 9. The molecule has 0 spiro atoms. The number of thiophene rings is 1. The zero-order valence-electron chi connectivity index (χ0n) is 17.0. The van der Waals surface area contributed by atoms with Gasteiger partial charge in [0.1, 0.15) is 10.6 Å². The highest BCUT2D eigenvalue weighted by atomic mass is 32.2. The van der Waals surface area contributed by atoms with Crippen molar-refractivity contribution < 1.29 is 0 Å². The van der Waals surface area contributed by atoms with E-state index in [9.17, 15) is 0 Å². The molecule has 1 aliphatic carbocycles. The Hall–Kier alpha value is -2.17. The standard InChI is InChI=1S/C21H21N7S3/c1-11-4-5-14-15(7-11)31-19-16(14)17(22)24-20(25-19)29-9-13-10-30-21-27-26-18(28(13)21)12-3-2-6-23-8-12/h2-3,6,8,11,13H,4-5,7,9-10H2,1H3,(H2,22,24,25)/t11-,13-/m1/s1. The van der Waals surface area contributed by atoms with Crippen molar-refractivity contribution in [3.63, 3.8) is 0 Å². The first-order valence-corrected chi connectivity index (χ1v) is 13.1. The summed E-state index contributed by atoms with van der Waals surface area (Å²) in [5.41, 5.74) is 8.78. The van der Waals surface area contributed by atoms with Gasteiger partial charge in [-0.15, -0.1) is 21.5 Å². The Balaban J connectivity index is 1.26. The van der Waals surface area contributed by atoms with Gasteiger partial charge in [-0.2, -0.15) is 0 Å². The van der Waals surface area contributed by atoms with Crippen LogP contribution in [0.3, 0.4) is 0 Å². The average molecular weight is 468 g/mol. The molecule has 6 rings (SSSR count). The van der Waals surface area contributed by atoms with Crippen molar-refractivity contribution in [3.8, 4) is 11.4 Å². The molecule has 158 valence electrons. The van der Waals surface area contributed by atoms with Crippen molar-refractivity contribution in [2.75, 3.05) is 17.2 Å². The van der Waals surface area contributed by atoms with Gasteiger partial charge in [-0.1, -0.05) is 30.4 Å². The quantitative estimate of drug-likeness (QED) is 0.346. The fourth-order valence-corrected chi connectivity index (χ4v) is 7.96. The van der Waals surface area contributed by atoms with E-state index in [0.29, 0.717) is 5.82 Å². The number of aromatic nitrogens is 6. The number of nitrogen functional groups attached to an aromatic ring is 1. The van der Waals surface area contributed by atoms with Gasteiger partial charge in [0, 0.05) is 34.3 Å². The SMILES string of the molecule is C[C@@H]1CCc2c(sc3nc(SC[C@@H]4CSc5nnc(-c6cccnc6)n54)nc(N)c23)C1. The molecule has 2 aliphatic rings. The molecule has 5 heterocycles. The molecule has 4 aromatic heterocycles. The second kappa shape index (κ2) is 7.75. The normalized spacial score (nSPS) is 20.2. The average Bonchev–Trinajstić information content (AvgIpc) is 3.46. The summed E-state index contributed by atoms with van der Waals surface area (Å²) < 4.78 is 2.22. The Labute approximate surface area is 192 Å². The summed E-state index contributed by atoms with van der Waals surface area (Å²) in [5.74, 6) is 4.04. The molecular formula is C21H21N7S3. The summed E-state index contributed by atoms with van der Waals surface area (Å²) >= 11 is 5.20. The van der Waals surface area contributed by atoms with E-state index in [2.05, 4.69) is 31.7 Å². The molecule has 4 aromatic rings. The number of pyridine rings is 1. The van der Waals surface area contributed by atoms with E-state index >= 15 is 0 Å². The fourth-order valence-electron chi connectivity index (χ4n) is 4.35. The minimum absolute atomic E-state index is 0.271. The first-order chi connectivity index (χ1) is 15.2. The zero-order chi connectivity index (χ0) is 20.9. The highest BCUT2D eigenvalue weighted by Crippen LogP contribution is 2.41. The maximum absolute atomic E-state index is 6.41. The smallest absolute Gasteiger partial charge is 0.191 e. The van der Waals surface area contributed by atoms with Crippen LogP contribution in [0.1, 0.15) is 29.8 Å². The molecule has 0 bridgehead atoms. The van der Waals surface area contributed by atoms with Crippen LogP contribution in [0.5, 0.6) is 0 Å². The number of thioether (sulfide) groups is 2. The van der Waals surface area contributed by atoms with Gasteiger partial charge in [-0.05, 0) is 42.9 Å². The van der Waals surface area contributed by atoms with Gasteiger partial charge in [-0.3, -0.25) is 9.55 Å². The predicted octanol–water partition coefficient (Wildman–Crippen LogP) is 4.49. The monoisotopic (exact) mass is 467 g/mol. The van der Waals surface area contributed by atoms with Crippen LogP contribution in [0.4, 0.5) is 5.82 Å². The lowest BCUT2D eigenvalue weighted by Gasteiger charge is -2.17. The number of nitrogens with zero attached hydrogens (tertiary/aromatic N) is 6. The molecule has 0 radical (unpaired) electrons. The van der Waals surface area contributed by atoms with Crippen LogP contribution in [0, 0.1) is 5.92 Å². The highest BCUT2D eigenvalue weighted by Gasteiger charge is 2.29. The maximum Gasteiger partial charge on any atom is 0.191 e.